The number of hydrogen-bond donors (Lipinski definition) is 1. The van der Waals surface area contributed by atoms with Crippen molar-refractivity contribution in [3.05, 3.63) is 78.1 Å². The zero-order chi connectivity index (χ0) is 19.3. The number of aromatic nitrogens is 1. The number of nitrogens with one attached hydrogen (secondary N) is 1. The molecule has 0 spiro atoms. The highest BCUT2D eigenvalue weighted by Crippen LogP contribution is 2.19. The van der Waals surface area contributed by atoms with Crippen molar-refractivity contribution in [3.8, 4) is 11.3 Å². The standard InChI is InChI=1S/C22H21N3O3/c26-21-13-18(15-25(21)12-11-16-7-3-1-4-8-16)23-22(27)20-14-19(24-28-20)17-9-5-2-6-10-17/h1-10,14,18H,11-13,15H2,(H,23,27). The molecule has 0 bridgehead atoms. The van der Waals surface area contributed by atoms with Crippen LogP contribution in [0.1, 0.15) is 22.5 Å². The van der Waals surface area contributed by atoms with Gasteiger partial charge in [-0.1, -0.05) is 65.8 Å². The molecule has 1 aliphatic rings. The van der Waals surface area contributed by atoms with E-state index in [4.69, 9.17) is 4.52 Å². The smallest absolute Gasteiger partial charge is 0.290 e. The van der Waals surface area contributed by atoms with Crippen LogP contribution in [0.2, 0.25) is 0 Å². The van der Waals surface area contributed by atoms with Crippen molar-refractivity contribution in [1.29, 1.82) is 0 Å². The number of likely N-dealkylation sites (tertiary alicyclic amines) is 1. The molecule has 4 rings (SSSR count). The van der Waals surface area contributed by atoms with Crippen molar-refractivity contribution < 1.29 is 14.1 Å². The fourth-order valence-electron chi connectivity index (χ4n) is 3.38. The number of rotatable bonds is 6. The average Bonchev–Trinajstić information content (AvgIpc) is 3.35. The van der Waals surface area contributed by atoms with Crippen molar-refractivity contribution in [3.63, 3.8) is 0 Å². The Morgan fingerprint density at radius 3 is 2.57 bits per heavy atom. The SMILES string of the molecule is O=C(NC1CC(=O)N(CCc2ccccc2)C1)c1cc(-c2ccccc2)no1. The van der Waals surface area contributed by atoms with Gasteiger partial charge in [-0.25, -0.2) is 0 Å². The Morgan fingerprint density at radius 1 is 1.11 bits per heavy atom. The first kappa shape index (κ1) is 18.0. The molecule has 3 aromatic rings. The topological polar surface area (TPSA) is 75.4 Å². The van der Waals surface area contributed by atoms with Gasteiger partial charge in [-0.2, -0.15) is 0 Å². The summed E-state index contributed by atoms with van der Waals surface area (Å²) in [6.07, 6.45) is 1.11. The minimum Gasteiger partial charge on any atom is -0.350 e. The van der Waals surface area contributed by atoms with E-state index in [1.807, 2.05) is 60.7 Å². The van der Waals surface area contributed by atoms with Crippen LogP contribution in [-0.4, -0.2) is 41.0 Å². The van der Waals surface area contributed by atoms with Crippen LogP contribution in [0.3, 0.4) is 0 Å². The van der Waals surface area contributed by atoms with Crippen molar-refractivity contribution in [2.75, 3.05) is 13.1 Å². The Bertz CT molecular complexity index is 953. The van der Waals surface area contributed by atoms with E-state index in [9.17, 15) is 9.59 Å². The van der Waals surface area contributed by atoms with Crippen LogP contribution in [-0.2, 0) is 11.2 Å². The second-order valence-corrected chi connectivity index (χ2v) is 6.89. The average molecular weight is 375 g/mol. The summed E-state index contributed by atoms with van der Waals surface area (Å²) in [6.45, 7) is 1.16. The molecule has 2 aromatic carbocycles. The Morgan fingerprint density at radius 2 is 1.82 bits per heavy atom. The lowest BCUT2D eigenvalue weighted by atomic mass is 10.1. The summed E-state index contributed by atoms with van der Waals surface area (Å²) in [6, 6.07) is 21.0. The first-order chi connectivity index (χ1) is 13.7. The van der Waals surface area contributed by atoms with Gasteiger partial charge in [0.1, 0.15) is 5.69 Å². The summed E-state index contributed by atoms with van der Waals surface area (Å²) in [4.78, 5) is 26.5. The second-order valence-electron chi connectivity index (χ2n) is 6.89. The van der Waals surface area contributed by atoms with E-state index >= 15 is 0 Å². The lowest BCUT2D eigenvalue weighted by Crippen LogP contribution is -2.37. The van der Waals surface area contributed by atoms with Gasteiger partial charge in [-0.05, 0) is 12.0 Å². The van der Waals surface area contributed by atoms with Crippen LogP contribution >= 0.6 is 0 Å². The highest BCUT2D eigenvalue weighted by atomic mass is 16.5. The van der Waals surface area contributed by atoms with Crippen molar-refractivity contribution >= 4 is 11.8 Å². The van der Waals surface area contributed by atoms with Gasteiger partial charge in [-0.3, -0.25) is 9.59 Å². The van der Waals surface area contributed by atoms with E-state index in [0.29, 0.717) is 25.2 Å². The van der Waals surface area contributed by atoms with E-state index in [1.54, 1.807) is 11.0 Å². The van der Waals surface area contributed by atoms with Crippen LogP contribution in [0.25, 0.3) is 11.3 Å². The van der Waals surface area contributed by atoms with Gasteiger partial charge in [0.15, 0.2) is 0 Å². The fraction of sp³-hybridized carbons (Fsp3) is 0.227. The molecule has 0 aliphatic carbocycles. The lowest BCUT2D eigenvalue weighted by molar-refractivity contribution is -0.127. The summed E-state index contributed by atoms with van der Waals surface area (Å²) in [5.74, 6) is -0.143. The molecule has 1 aliphatic heterocycles. The highest BCUT2D eigenvalue weighted by Gasteiger charge is 2.31. The maximum atomic E-state index is 12.5. The Kier molecular flexibility index (Phi) is 5.19. The van der Waals surface area contributed by atoms with Crippen molar-refractivity contribution in [1.82, 2.24) is 15.4 Å². The van der Waals surface area contributed by atoms with Crippen LogP contribution in [0.15, 0.2) is 71.3 Å². The second kappa shape index (κ2) is 8.08. The van der Waals surface area contributed by atoms with Gasteiger partial charge in [0.25, 0.3) is 5.91 Å². The number of carbonyl (C=O) groups excluding carboxylic acids is 2. The van der Waals surface area contributed by atoms with Crippen molar-refractivity contribution in [2.45, 2.75) is 18.9 Å². The van der Waals surface area contributed by atoms with Crippen molar-refractivity contribution in [2.24, 2.45) is 0 Å². The third-order valence-corrected chi connectivity index (χ3v) is 4.87. The molecule has 1 atom stereocenters. The number of carbonyl (C=O) groups is 2. The van der Waals surface area contributed by atoms with Crippen LogP contribution in [0, 0.1) is 0 Å². The predicted molar refractivity (Wildman–Crippen MR) is 105 cm³/mol. The maximum absolute atomic E-state index is 12.5. The fourth-order valence-corrected chi connectivity index (χ4v) is 3.38. The van der Waals surface area contributed by atoms with Gasteiger partial charge < -0.3 is 14.7 Å². The molecule has 2 amide bonds. The number of benzene rings is 2. The molecule has 1 aromatic heterocycles. The molecule has 6 nitrogen and oxygen atoms in total. The quantitative estimate of drug-likeness (QED) is 0.719. The van der Waals surface area contributed by atoms with E-state index < -0.39 is 0 Å². The molecule has 0 radical (unpaired) electrons. The van der Waals surface area contributed by atoms with E-state index in [1.165, 1.54) is 5.56 Å². The summed E-state index contributed by atoms with van der Waals surface area (Å²) in [5, 5.41) is 6.85. The number of amides is 2. The first-order valence-corrected chi connectivity index (χ1v) is 9.34. The highest BCUT2D eigenvalue weighted by molar-refractivity contribution is 5.93. The zero-order valence-corrected chi connectivity index (χ0v) is 15.4. The van der Waals surface area contributed by atoms with Gasteiger partial charge in [-0.15, -0.1) is 0 Å². The minimum absolute atomic E-state index is 0.0591. The summed E-state index contributed by atoms with van der Waals surface area (Å²) < 4.78 is 5.19. The zero-order valence-electron chi connectivity index (χ0n) is 15.4. The Hall–Kier alpha value is -3.41. The molecule has 1 unspecified atom stereocenters. The molecular weight excluding hydrogens is 354 g/mol. The molecule has 0 saturated carbocycles. The molecule has 142 valence electrons. The van der Waals surface area contributed by atoms with Gasteiger partial charge in [0, 0.05) is 31.1 Å². The number of hydrogen-bond acceptors (Lipinski definition) is 4. The largest absolute Gasteiger partial charge is 0.350 e. The summed E-state index contributed by atoms with van der Waals surface area (Å²) in [5.41, 5.74) is 2.68. The van der Waals surface area contributed by atoms with E-state index in [0.717, 1.165) is 12.0 Å². The lowest BCUT2D eigenvalue weighted by Gasteiger charge is -2.16. The molecule has 2 heterocycles. The molecule has 1 N–H and O–H groups in total. The molecule has 1 saturated heterocycles. The van der Waals surface area contributed by atoms with Gasteiger partial charge in [0.2, 0.25) is 11.7 Å². The van der Waals surface area contributed by atoms with E-state index in [2.05, 4.69) is 10.5 Å². The third kappa shape index (κ3) is 4.11. The van der Waals surface area contributed by atoms with Gasteiger partial charge in [0.05, 0.1) is 6.04 Å². The molecule has 6 heteroatoms. The Labute approximate surface area is 163 Å². The predicted octanol–water partition coefficient (Wildman–Crippen LogP) is 2.92. The molecular formula is C22H21N3O3. The van der Waals surface area contributed by atoms with Crippen LogP contribution in [0.5, 0.6) is 0 Å². The van der Waals surface area contributed by atoms with Crippen LogP contribution < -0.4 is 5.32 Å². The van der Waals surface area contributed by atoms with Crippen LogP contribution in [0.4, 0.5) is 0 Å². The van der Waals surface area contributed by atoms with Gasteiger partial charge >= 0.3 is 0 Å². The van der Waals surface area contributed by atoms with E-state index in [-0.39, 0.29) is 23.6 Å². The Balaban J connectivity index is 1.33. The molecule has 1 fully saturated rings. The maximum Gasteiger partial charge on any atom is 0.290 e. The normalized spacial score (nSPS) is 16.4. The third-order valence-electron chi connectivity index (χ3n) is 4.87. The molecule has 28 heavy (non-hydrogen) atoms. The monoisotopic (exact) mass is 375 g/mol. The minimum atomic E-state index is -0.350. The summed E-state index contributed by atoms with van der Waals surface area (Å²) >= 11 is 0. The first-order valence-electron chi connectivity index (χ1n) is 9.34. The number of nitrogens with zero attached hydrogens (tertiary/aromatic N) is 2. The summed E-state index contributed by atoms with van der Waals surface area (Å²) in [7, 11) is 0.